The first-order valence-electron chi connectivity index (χ1n) is 17.6. The molecule has 0 saturated heterocycles. The molecular weight excluding hydrogens is 617 g/mol. The van der Waals surface area contributed by atoms with Crippen molar-refractivity contribution in [1.82, 2.24) is 14.5 Å². The predicted octanol–water partition coefficient (Wildman–Crippen LogP) is 10.6. The van der Waals surface area contributed by atoms with Crippen LogP contribution in [0.3, 0.4) is 0 Å². The SMILES string of the molecule is Cc1ccc2c(c1C)C[C@]1(C)OC(c3ccnc(Oc4ccc5c6cc(C(C)(C)C)ccc6n(-c6cc(C(C)(C)C)ccn6)c5c4)c3)=N[C@]21C. The number of aryl methyl sites for hydroxylation is 1. The fourth-order valence-corrected chi connectivity index (χ4v) is 7.73. The molecule has 1 aliphatic heterocycles. The lowest BCUT2D eigenvalue weighted by Crippen LogP contribution is -2.41. The van der Waals surface area contributed by atoms with E-state index in [1.165, 1.54) is 38.8 Å². The molecule has 6 heteroatoms. The van der Waals surface area contributed by atoms with Gasteiger partial charge >= 0.3 is 0 Å². The van der Waals surface area contributed by atoms with Crippen molar-refractivity contribution in [3.05, 3.63) is 124 Å². The van der Waals surface area contributed by atoms with Crippen molar-refractivity contribution in [2.45, 2.75) is 97.6 Å². The zero-order valence-electron chi connectivity index (χ0n) is 30.9. The van der Waals surface area contributed by atoms with E-state index in [0.29, 0.717) is 17.5 Å². The number of hydrogen-bond acceptors (Lipinski definition) is 5. The molecule has 3 aromatic heterocycles. The van der Waals surface area contributed by atoms with E-state index in [0.717, 1.165) is 34.2 Å². The van der Waals surface area contributed by atoms with E-state index in [-0.39, 0.29) is 10.8 Å². The van der Waals surface area contributed by atoms with Crippen LogP contribution in [0.5, 0.6) is 11.6 Å². The van der Waals surface area contributed by atoms with Gasteiger partial charge in [-0.05, 0) is 114 Å². The molecule has 6 aromatic rings. The third kappa shape index (κ3) is 4.94. The molecular formula is C44H46N4O2. The van der Waals surface area contributed by atoms with Crippen molar-refractivity contribution in [2.24, 2.45) is 4.99 Å². The summed E-state index contributed by atoms with van der Waals surface area (Å²) in [6.07, 6.45) is 4.51. The number of fused-ring (bicyclic) bond motifs is 6. The number of benzene rings is 3. The lowest BCUT2D eigenvalue weighted by atomic mass is 9.84. The van der Waals surface area contributed by atoms with Gasteiger partial charge in [-0.1, -0.05) is 59.7 Å². The fraction of sp³-hybridized carbons (Fsp3) is 0.341. The van der Waals surface area contributed by atoms with Crippen molar-refractivity contribution in [1.29, 1.82) is 0 Å². The standard InChI is InChI=1S/C44H46N4O2/c1-26-11-15-35-34(27(26)2)25-43(9)44(35,10)47-40(50-43)28-17-19-46-39(21-28)49-31-13-14-32-33-22-29(41(3,4)5)12-16-36(33)48(37(32)24-31)38-23-30(18-20-45-38)42(6,7)8/h11-24H,25H2,1-10H3/t43-,44+/m0/s1. The van der Waals surface area contributed by atoms with Crippen molar-refractivity contribution >= 4 is 27.7 Å². The smallest absolute Gasteiger partial charge is 0.219 e. The maximum atomic E-state index is 6.72. The maximum Gasteiger partial charge on any atom is 0.219 e. The number of pyridine rings is 2. The number of nitrogens with zero attached hydrogens (tertiary/aromatic N) is 4. The normalized spacial score (nSPS) is 20.2. The van der Waals surface area contributed by atoms with Gasteiger partial charge in [0.05, 0.1) is 11.0 Å². The summed E-state index contributed by atoms with van der Waals surface area (Å²) < 4.78 is 15.5. The first kappa shape index (κ1) is 32.2. The highest BCUT2D eigenvalue weighted by Gasteiger charge is 2.59. The molecule has 4 heterocycles. The van der Waals surface area contributed by atoms with Crippen LogP contribution in [0.2, 0.25) is 0 Å². The highest BCUT2D eigenvalue weighted by atomic mass is 16.5. The number of rotatable bonds is 4. The van der Waals surface area contributed by atoms with E-state index in [4.69, 9.17) is 19.5 Å². The Labute approximate surface area is 295 Å². The van der Waals surface area contributed by atoms with Crippen LogP contribution < -0.4 is 4.74 Å². The van der Waals surface area contributed by atoms with Gasteiger partial charge in [0.15, 0.2) is 0 Å². The average Bonchev–Trinajstić information content (AvgIpc) is 3.61. The molecule has 0 spiro atoms. The summed E-state index contributed by atoms with van der Waals surface area (Å²) >= 11 is 0. The molecule has 0 fully saturated rings. The van der Waals surface area contributed by atoms with Crippen LogP contribution in [0.25, 0.3) is 27.6 Å². The van der Waals surface area contributed by atoms with E-state index < -0.39 is 11.1 Å². The summed E-state index contributed by atoms with van der Waals surface area (Å²) in [5.74, 6) is 2.69. The Morgan fingerprint density at radius 3 is 2.24 bits per heavy atom. The molecule has 0 bridgehead atoms. The second-order valence-corrected chi connectivity index (χ2v) is 16.7. The summed E-state index contributed by atoms with van der Waals surface area (Å²) in [6.45, 7) is 22.2. The van der Waals surface area contributed by atoms with Crippen molar-refractivity contribution in [3.63, 3.8) is 0 Å². The van der Waals surface area contributed by atoms with E-state index in [2.05, 4.69) is 133 Å². The van der Waals surface area contributed by atoms with Crippen LogP contribution >= 0.6 is 0 Å². The summed E-state index contributed by atoms with van der Waals surface area (Å²) in [4.78, 5) is 14.7. The van der Waals surface area contributed by atoms with Crippen LogP contribution in [0.4, 0.5) is 0 Å². The summed E-state index contributed by atoms with van der Waals surface area (Å²) in [7, 11) is 0. The van der Waals surface area contributed by atoms with Crippen LogP contribution in [-0.4, -0.2) is 26.0 Å². The Morgan fingerprint density at radius 1 is 0.740 bits per heavy atom. The van der Waals surface area contributed by atoms with Gasteiger partial charge in [0, 0.05) is 47.3 Å². The summed E-state index contributed by atoms with van der Waals surface area (Å²) in [6, 6.07) is 25.7. The molecule has 0 saturated carbocycles. The largest absolute Gasteiger partial charge is 0.468 e. The summed E-state index contributed by atoms with van der Waals surface area (Å²) in [5, 5.41) is 2.34. The van der Waals surface area contributed by atoms with Gasteiger partial charge in [-0.2, -0.15) is 0 Å². The number of hydrogen-bond donors (Lipinski definition) is 0. The average molecular weight is 663 g/mol. The Bertz CT molecular complexity index is 2390. The molecule has 0 amide bonds. The van der Waals surface area contributed by atoms with Gasteiger partial charge in [0.25, 0.3) is 0 Å². The molecule has 3 aromatic carbocycles. The van der Waals surface area contributed by atoms with Gasteiger partial charge in [-0.3, -0.25) is 4.57 Å². The number of ether oxygens (including phenoxy) is 2. The Kier molecular flexibility index (Phi) is 6.94. The van der Waals surface area contributed by atoms with Crippen molar-refractivity contribution < 1.29 is 9.47 Å². The molecule has 6 nitrogen and oxygen atoms in total. The number of aliphatic imine (C=N–C) groups is 1. The molecule has 0 radical (unpaired) electrons. The summed E-state index contributed by atoms with van der Waals surface area (Å²) in [5.41, 5.74) is 9.85. The lowest BCUT2D eigenvalue weighted by molar-refractivity contribution is 0.0475. The topological polar surface area (TPSA) is 61.5 Å². The predicted molar refractivity (Wildman–Crippen MR) is 203 cm³/mol. The second kappa shape index (κ2) is 10.8. The number of aromatic nitrogens is 3. The molecule has 2 atom stereocenters. The monoisotopic (exact) mass is 662 g/mol. The fourth-order valence-electron chi connectivity index (χ4n) is 7.73. The molecule has 0 N–H and O–H groups in total. The molecule has 1 aliphatic carbocycles. The Hall–Kier alpha value is -4.97. The van der Waals surface area contributed by atoms with Gasteiger partial charge in [-0.15, -0.1) is 0 Å². The van der Waals surface area contributed by atoms with E-state index >= 15 is 0 Å². The van der Waals surface area contributed by atoms with Gasteiger partial charge in [0.2, 0.25) is 11.8 Å². The van der Waals surface area contributed by atoms with Crippen LogP contribution in [0.1, 0.15) is 94.3 Å². The van der Waals surface area contributed by atoms with Crippen molar-refractivity contribution in [3.8, 4) is 17.4 Å². The third-order valence-corrected chi connectivity index (χ3v) is 11.2. The van der Waals surface area contributed by atoms with Crippen LogP contribution in [-0.2, 0) is 27.5 Å². The minimum Gasteiger partial charge on any atom is -0.468 e. The highest BCUT2D eigenvalue weighted by Crippen LogP contribution is 2.54. The third-order valence-electron chi connectivity index (χ3n) is 11.2. The van der Waals surface area contributed by atoms with Crippen LogP contribution in [0, 0.1) is 13.8 Å². The zero-order chi connectivity index (χ0) is 35.4. The highest BCUT2D eigenvalue weighted by molar-refractivity contribution is 6.09. The first-order valence-corrected chi connectivity index (χ1v) is 17.6. The molecule has 50 heavy (non-hydrogen) atoms. The quantitative estimate of drug-likeness (QED) is 0.188. The Morgan fingerprint density at radius 2 is 1.48 bits per heavy atom. The lowest BCUT2D eigenvalue weighted by Gasteiger charge is -2.31. The van der Waals surface area contributed by atoms with E-state index in [1.54, 1.807) is 6.20 Å². The van der Waals surface area contributed by atoms with Crippen LogP contribution in [0.15, 0.2) is 90.2 Å². The molecule has 2 aliphatic rings. The van der Waals surface area contributed by atoms with E-state index in [9.17, 15) is 0 Å². The Balaban J connectivity index is 1.19. The minimum absolute atomic E-state index is 0.0109. The first-order chi connectivity index (χ1) is 23.6. The zero-order valence-corrected chi connectivity index (χ0v) is 30.9. The van der Waals surface area contributed by atoms with E-state index in [1.807, 2.05) is 24.4 Å². The second-order valence-electron chi connectivity index (χ2n) is 16.7. The van der Waals surface area contributed by atoms with Gasteiger partial charge < -0.3 is 9.47 Å². The van der Waals surface area contributed by atoms with Gasteiger partial charge in [-0.25, -0.2) is 15.0 Å². The van der Waals surface area contributed by atoms with Crippen molar-refractivity contribution in [2.75, 3.05) is 0 Å². The maximum absolute atomic E-state index is 6.72. The molecule has 0 unspecified atom stereocenters. The molecule has 8 rings (SSSR count). The molecule has 254 valence electrons. The minimum atomic E-state index is -0.468. The van der Waals surface area contributed by atoms with Gasteiger partial charge in [0.1, 0.15) is 22.7 Å².